The van der Waals surface area contributed by atoms with Gasteiger partial charge in [-0.15, -0.1) is 9.79 Å². The molecule has 0 aromatic heterocycles. The zero-order valence-corrected chi connectivity index (χ0v) is 9.63. The summed E-state index contributed by atoms with van der Waals surface area (Å²) in [6.45, 7) is 4.46. The van der Waals surface area contributed by atoms with E-state index in [2.05, 4.69) is 18.2 Å². The topological polar surface area (TPSA) is 83.8 Å². The molecule has 7 heteroatoms. The Kier molecular flexibility index (Phi) is 14.4. The van der Waals surface area contributed by atoms with Crippen LogP contribution < -0.4 is 0 Å². The van der Waals surface area contributed by atoms with Gasteiger partial charge >= 0.3 is 16.5 Å². The van der Waals surface area contributed by atoms with Crippen molar-refractivity contribution in [1.29, 1.82) is 0 Å². The predicted octanol–water partition coefficient (Wildman–Crippen LogP) is 2.89. The first-order valence-electron chi connectivity index (χ1n) is 4.04. The zero-order valence-electron chi connectivity index (χ0n) is 7.84. The lowest BCUT2D eigenvalue weighted by Gasteiger charge is -1.86. The Hall–Kier alpha value is 0.0800. The van der Waals surface area contributed by atoms with Crippen LogP contribution in [0.1, 0.15) is 39.5 Å². The highest BCUT2D eigenvalue weighted by Crippen LogP contribution is 2.30. The van der Waals surface area contributed by atoms with Gasteiger partial charge in [0.2, 0.25) is 0 Å². The highest BCUT2D eigenvalue weighted by Gasteiger charge is 2.31. The molecule has 13 heavy (non-hydrogen) atoms. The maximum absolute atomic E-state index is 9.39. The Morgan fingerprint density at radius 1 is 1.00 bits per heavy atom. The van der Waals surface area contributed by atoms with Gasteiger partial charge < -0.3 is 0 Å². The lowest BCUT2D eigenvalue weighted by Crippen LogP contribution is -1.66. The largest absolute Gasteiger partial charge is 0.745 e. The highest BCUT2D eigenvalue weighted by atomic mass is 31.2. The summed E-state index contributed by atoms with van der Waals surface area (Å²) in [5.41, 5.74) is 0. The minimum absolute atomic E-state index is 1.36. The predicted molar refractivity (Wildman–Crippen MR) is 50.6 cm³/mol. The minimum atomic E-state index is -2.92. The van der Waals surface area contributed by atoms with Crippen molar-refractivity contribution in [2.45, 2.75) is 39.5 Å². The number of hydrogen-bond donors (Lipinski definition) is 2. The molecule has 0 bridgehead atoms. The number of rotatable bonds is 5. The molecule has 0 aliphatic heterocycles. The summed E-state index contributed by atoms with van der Waals surface area (Å²) in [5, 5.41) is 0. The zero-order chi connectivity index (χ0) is 10.7. The number of unbranched alkanes of at least 4 members (excludes halogenated alkanes) is 3. The summed E-state index contributed by atoms with van der Waals surface area (Å²) in [5.74, 6) is 0. The van der Waals surface area contributed by atoms with Gasteiger partial charge in [-0.3, -0.25) is 0 Å². The molecule has 0 saturated heterocycles. The Morgan fingerprint density at radius 3 is 1.38 bits per heavy atom. The van der Waals surface area contributed by atoms with Gasteiger partial charge in [0.05, 0.1) is 0 Å². The molecule has 0 saturated carbocycles. The molecule has 0 rings (SSSR count). The van der Waals surface area contributed by atoms with Crippen LogP contribution in [0.25, 0.3) is 0 Å². The molecular formula is C6H16O5P2+2. The standard InChI is InChI=1S/C6H14.O5P2/c1-3-5-6-4-2;1-6(2)5-7(3)4/h3-6H2,1-2H3;/p+2. The monoisotopic (exact) mass is 230 g/mol. The van der Waals surface area contributed by atoms with Gasteiger partial charge in [0.1, 0.15) is 0 Å². The molecule has 0 aliphatic rings. The van der Waals surface area contributed by atoms with Crippen LogP contribution in [-0.4, -0.2) is 9.79 Å². The summed E-state index contributed by atoms with van der Waals surface area (Å²) < 4.78 is 22.2. The fourth-order valence-electron chi connectivity index (χ4n) is 0.560. The quantitative estimate of drug-likeness (QED) is 0.560. The smallest absolute Gasteiger partial charge is 0.131 e. The summed E-state index contributed by atoms with van der Waals surface area (Å²) in [4.78, 5) is 15.3. The first kappa shape index (κ1) is 15.5. The van der Waals surface area contributed by atoms with Crippen molar-refractivity contribution in [2.75, 3.05) is 0 Å². The maximum atomic E-state index is 9.39. The molecule has 5 nitrogen and oxygen atoms in total. The van der Waals surface area contributed by atoms with Gasteiger partial charge in [-0.1, -0.05) is 39.5 Å². The maximum Gasteiger partial charge on any atom is 0.745 e. The van der Waals surface area contributed by atoms with Crippen LogP contribution in [-0.2, 0) is 13.4 Å². The molecule has 0 aromatic rings. The molecular weight excluding hydrogens is 214 g/mol. The second-order valence-corrected chi connectivity index (χ2v) is 3.87. The molecule has 2 atom stereocenters. The molecule has 0 spiro atoms. The molecule has 0 amide bonds. The van der Waals surface area contributed by atoms with Crippen molar-refractivity contribution in [3.05, 3.63) is 0 Å². The summed E-state index contributed by atoms with van der Waals surface area (Å²) in [6, 6.07) is 0. The fraction of sp³-hybridized carbons (Fsp3) is 1.00. The second kappa shape index (κ2) is 12.1. The van der Waals surface area contributed by atoms with Gasteiger partial charge in [0, 0.05) is 9.13 Å². The van der Waals surface area contributed by atoms with Crippen LogP contribution in [0.3, 0.4) is 0 Å². The second-order valence-electron chi connectivity index (χ2n) is 2.26. The first-order valence-corrected chi connectivity index (χ1v) is 6.31. The van der Waals surface area contributed by atoms with Crippen molar-refractivity contribution in [2.24, 2.45) is 0 Å². The van der Waals surface area contributed by atoms with Crippen LogP contribution in [0.2, 0.25) is 0 Å². The van der Waals surface area contributed by atoms with Crippen molar-refractivity contribution < 1.29 is 23.2 Å². The molecule has 2 unspecified atom stereocenters. The van der Waals surface area contributed by atoms with Crippen LogP contribution >= 0.6 is 16.5 Å². The first-order chi connectivity index (χ1) is 6.04. The van der Waals surface area contributed by atoms with E-state index in [1.807, 2.05) is 0 Å². The normalized spacial score (nSPS) is 11.4. The third kappa shape index (κ3) is 24.5. The van der Waals surface area contributed by atoms with Crippen LogP contribution in [0.4, 0.5) is 0 Å². The lowest BCUT2D eigenvalue weighted by atomic mass is 10.2. The average molecular weight is 230 g/mol. The Bertz CT molecular complexity index is 134. The van der Waals surface area contributed by atoms with E-state index in [0.29, 0.717) is 0 Å². The van der Waals surface area contributed by atoms with E-state index in [1.165, 1.54) is 25.7 Å². The molecule has 0 aromatic carbocycles. The van der Waals surface area contributed by atoms with E-state index in [4.69, 9.17) is 9.79 Å². The van der Waals surface area contributed by atoms with Gasteiger partial charge in [-0.2, -0.15) is 0 Å². The Morgan fingerprint density at radius 2 is 1.31 bits per heavy atom. The van der Waals surface area contributed by atoms with Crippen molar-refractivity contribution in [3.8, 4) is 0 Å². The fourth-order valence-corrected chi connectivity index (χ4v) is 1.04. The Labute approximate surface area is 80.0 Å². The van der Waals surface area contributed by atoms with E-state index in [1.54, 1.807) is 0 Å². The average Bonchev–Trinajstić information content (AvgIpc) is 1.99. The SMILES string of the molecule is CCCCCC.O=[P+](O)O[P+](=O)O. The number of hydrogen-bond acceptors (Lipinski definition) is 3. The van der Waals surface area contributed by atoms with E-state index in [-0.39, 0.29) is 0 Å². The van der Waals surface area contributed by atoms with Crippen LogP contribution in [0.15, 0.2) is 0 Å². The van der Waals surface area contributed by atoms with E-state index < -0.39 is 16.5 Å². The van der Waals surface area contributed by atoms with Gasteiger partial charge in [-0.25, -0.2) is 0 Å². The summed E-state index contributed by atoms with van der Waals surface area (Å²) in [7, 11) is -5.85. The van der Waals surface area contributed by atoms with Gasteiger partial charge in [0.15, 0.2) is 4.31 Å². The van der Waals surface area contributed by atoms with E-state index >= 15 is 0 Å². The third-order valence-corrected chi connectivity index (χ3v) is 2.21. The summed E-state index contributed by atoms with van der Waals surface area (Å²) >= 11 is 0. The summed E-state index contributed by atoms with van der Waals surface area (Å²) in [6.07, 6.45) is 5.54. The van der Waals surface area contributed by atoms with E-state index in [0.717, 1.165) is 0 Å². The lowest BCUT2D eigenvalue weighted by molar-refractivity contribution is 0.371. The van der Waals surface area contributed by atoms with Crippen molar-refractivity contribution in [1.82, 2.24) is 0 Å². The van der Waals surface area contributed by atoms with E-state index in [9.17, 15) is 9.13 Å². The highest BCUT2D eigenvalue weighted by molar-refractivity contribution is 7.46. The molecule has 0 fully saturated rings. The van der Waals surface area contributed by atoms with Crippen LogP contribution in [0.5, 0.6) is 0 Å². The van der Waals surface area contributed by atoms with Gasteiger partial charge in [-0.05, 0) is 0 Å². The van der Waals surface area contributed by atoms with Crippen molar-refractivity contribution >= 4 is 16.5 Å². The molecule has 0 heterocycles. The molecule has 0 aliphatic carbocycles. The minimum Gasteiger partial charge on any atom is -0.131 e. The Balaban J connectivity index is 0. The molecule has 2 N–H and O–H groups in total. The van der Waals surface area contributed by atoms with Crippen LogP contribution in [0, 0.1) is 0 Å². The molecule has 78 valence electrons. The van der Waals surface area contributed by atoms with Gasteiger partial charge in [0.25, 0.3) is 0 Å². The third-order valence-electron chi connectivity index (χ3n) is 1.10. The van der Waals surface area contributed by atoms with Crippen molar-refractivity contribution in [3.63, 3.8) is 0 Å². The molecule has 0 radical (unpaired) electrons.